The standard InChI is InChI=1S/C22H25F2N7O2/c23-14-3-6-17(16(24)11-14)27-22-28-18-12-26-21(25)29-19(18)31(22)15-4-1-13(2-5-15)20(32)30-7-9-33-10-8-30/h3,6,11-13,15H,1-2,4-5,7-10H2,(H,27,28)(H2,25,26,29). The van der Waals surface area contributed by atoms with Crippen LogP contribution in [0.25, 0.3) is 11.2 Å². The summed E-state index contributed by atoms with van der Waals surface area (Å²) in [6.45, 7) is 2.44. The van der Waals surface area contributed by atoms with Crippen molar-refractivity contribution in [2.24, 2.45) is 5.92 Å². The second-order valence-corrected chi connectivity index (χ2v) is 8.43. The van der Waals surface area contributed by atoms with Crippen molar-refractivity contribution < 1.29 is 18.3 Å². The average Bonchev–Trinajstić information content (AvgIpc) is 3.18. The summed E-state index contributed by atoms with van der Waals surface area (Å²) >= 11 is 0. The number of aromatic nitrogens is 4. The number of ether oxygens (including phenoxy) is 1. The zero-order valence-electron chi connectivity index (χ0n) is 18.0. The van der Waals surface area contributed by atoms with Crippen LogP contribution in [0.15, 0.2) is 24.4 Å². The molecule has 1 saturated carbocycles. The number of anilines is 3. The number of amides is 1. The first-order valence-electron chi connectivity index (χ1n) is 11.1. The number of nitrogens with two attached hydrogens (primary N) is 1. The van der Waals surface area contributed by atoms with Gasteiger partial charge in [-0.1, -0.05) is 0 Å². The van der Waals surface area contributed by atoms with Gasteiger partial charge < -0.3 is 20.7 Å². The molecule has 3 heterocycles. The highest BCUT2D eigenvalue weighted by Crippen LogP contribution is 2.38. The number of carbonyl (C=O) groups is 1. The molecule has 3 aromatic rings. The van der Waals surface area contributed by atoms with Gasteiger partial charge in [0.05, 0.1) is 25.1 Å². The first-order valence-corrected chi connectivity index (χ1v) is 11.1. The van der Waals surface area contributed by atoms with Crippen molar-refractivity contribution in [1.82, 2.24) is 24.4 Å². The number of nitrogen functional groups attached to an aromatic ring is 1. The molecule has 5 rings (SSSR count). The van der Waals surface area contributed by atoms with Crippen LogP contribution in [0.3, 0.4) is 0 Å². The molecule has 11 heteroatoms. The highest BCUT2D eigenvalue weighted by molar-refractivity contribution is 5.79. The predicted molar refractivity (Wildman–Crippen MR) is 118 cm³/mol. The predicted octanol–water partition coefficient (Wildman–Crippen LogP) is 3.02. The van der Waals surface area contributed by atoms with Gasteiger partial charge in [0.2, 0.25) is 17.8 Å². The third kappa shape index (κ3) is 4.32. The highest BCUT2D eigenvalue weighted by atomic mass is 19.1. The number of imidazole rings is 1. The lowest BCUT2D eigenvalue weighted by molar-refractivity contribution is -0.140. The largest absolute Gasteiger partial charge is 0.378 e. The summed E-state index contributed by atoms with van der Waals surface area (Å²) in [5.74, 6) is -0.740. The fourth-order valence-corrected chi connectivity index (χ4v) is 4.67. The van der Waals surface area contributed by atoms with Crippen LogP contribution >= 0.6 is 0 Å². The quantitative estimate of drug-likeness (QED) is 0.619. The molecule has 174 valence electrons. The fraction of sp³-hybridized carbons (Fsp3) is 0.455. The van der Waals surface area contributed by atoms with Crippen molar-refractivity contribution >= 4 is 34.7 Å². The molecular formula is C22H25F2N7O2. The van der Waals surface area contributed by atoms with Gasteiger partial charge >= 0.3 is 0 Å². The Kier molecular flexibility index (Phi) is 5.79. The van der Waals surface area contributed by atoms with E-state index >= 15 is 0 Å². The first-order chi connectivity index (χ1) is 16.0. The van der Waals surface area contributed by atoms with Crippen LogP contribution in [-0.2, 0) is 9.53 Å². The Morgan fingerprint density at radius 2 is 1.88 bits per heavy atom. The molecule has 0 unspecified atom stereocenters. The summed E-state index contributed by atoms with van der Waals surface area (Å²) in [5, 5.41) is 2.97. The third-order valence-corrected chi connectivity index (χ3v) is 6.36. The van der Waals surface area contributed by atoms with Gasteiger partial charge in [0.15, 0.2) is 5.65 Å². The van der Waals surface area contributed by atoms with Crippen LogP contribution in [0.1, 0.15) is 31.7 Å². The Hall–Kier alpha value is -3.34. The lowest BCUT2D eigenvalue weighted by atomic mass is 9.85. The minimum Gasteiger partial charge on any atom is -0.378 e. The molecular weight excluding hydrogens is 432 g/mol. The monoisotopic (exact) mass is 457 g/mol. The molecule has 33 heavy (non-hydrogen) atoms. The van der Waals surface area contributed by atoms with Crippen molar-refractivity contribution in [3.63, 3.8) is 0 Å². The maximum atomic E-state index is 14.3. The van der Waals surface area contributed by atoms with E-state index in [4.69, 9.17) is 10.5 Å². The lowest BCUT2D eigenvalue weighted by Gasteiger charge is -2.34. The van der Waals surface area contributed by atoms with Gasteiger partial charge in [-0.2, -0.15) is 4.98 Å². The number of nitrogens with one attached hydrogen (secondary N) is 1. The van der Waals surface area contributed by atoms with Crippen LogP contribution in [0.4, 0.5) is 26.4 Å². The van der Waals surface area contributed by atoms with Crippen LogP contribution in [0.5, 0.6) is 0 Å². The van der Waals surface area contributed by atoms with E-state index in [1.807, 2.05) is 9.47 Å². The SMILES string of the molecule is Nc1ncc2nc(Nc3ccc(F)cc3F)n(C3CCC(C(=O)N4CCOCC4)CC3)c2n1. The number of nitrogens with zero attached hydrogens (tertiary/aromatic N) is 5. The number of morpholine rings is 1. The summed E-state index contributed by atoms with van der Waals surface area (Å²) in [7, 11) is 0. The number of halogens is 2. The summed E-state index contributed by atoms with van der Waals surface area (Å²) in [6.07, 6.45) is 4.44. The second-order valence-electron chi connectivity index (χ2n) is 8.43. The van der Waals surface area contributed by atoms with Crippen molar-refractivity contribution in [3.05, 3.63) is 36.0 Å². The third-order valence-electron chi connectivity index (χ3n) is 6.36. The molecule has 1 aromatic carbocycles. The average molecular weight is 457 g/mol. The van der Waals surface area contributed by atoms with Crippen LogP contribution < -0.4 is 11.1 Å². The minimum atomic E-state index is -0.723. The molecule has 2 aromatic heterocycles. The van der Waals surface area contributed by atoms with Gasteiger partial charge in [-0.05, 0) is 37.8 Å². The molecule has 2 aliphatic rings. The van der Waals surface area contributed by atoms with E-state index in [1.54, 1.807) is 0 Å². The van der Waals surface area contributed by atoms with E-state index in [2.05, 4.69) is 20.3 Å². The Morgan fingerprint density at radius 1 is 1.12 bits per heavy atom. The van der Waals surface area contributed by atoms with Crippen LogP contribution in [0, 0.1) is 17.6 Å². The topological polar surface area (TPSA) is 111 Å². The van der Waals surface area contributed by atoms with E-state index in [-0.39, 0.29) is 29.5 Å². The van der Waals surface area contributed by atoms with Gasteiger partial charge in [0, 0.05) is 31.1 Å². The van der Waals surface area contributed by atoms with Gasteiger partial charge in [0.25, 0.3) is 0 Å². The molecule has 2 fully saturated rings. The Labute approximate surface area is 189 Å². The maximum absolute atomic E-state index is 14.3. The summed E-state index contributed by atoms with van der Waals surface area (Å²) in [5.41, 5.74) is 6.98. The van der Waals surface area contributed by atoms with Crippen LogP contribution in [-0.4, -0.2) is 56.6 Å². The summed E-state index contributed by atoms with van der Waals surface area (Å²) < 4.78 is 34.9. The van der Waals surface area contributed by atoms with E-state index in [0.29, 0.717) is 43.4 Å². The van der Waals surface area contributed by atoms with Gasteiger partial charge in [0.1, 0.15) is 17.2 Å². The van der Waals surface area contributed by atoms with Gasteiger partial charge in [-0.3, -0.25) is 9.36 Å². The molecule has 1 amide bonds. The minimum absolute atomic E-state index is 0.0101. The maximum Gasteiger partial charge on any atom is 0.225 e. The van der Waals surface area contributed by atoms with Gasteiger partial charge in [-0.25, -0.2) is 18.7 Å². The summed E-state index contributed by atoms with van der Waals surface area (Å²) in [6, 6.07) is 3.31. The number of rotatable bonds is 4. The Balaban J connectivity index is 1.40. The number of benzene rings is 1. The number of fused-ring (bicyclic) bond motifs is 1. The van der Waals surface area contributed by atoms with Gasteiger partial charge in [-0.15, -0.1) is 0 Å². The zero-order chi connectivity index (χ0) is 22.9. The highest BCUT2D eigenvalue weighted by Gasteiger charge is 2.32. The molecule has 1 aliphatic heterocycles. The van der Waals surface area contributed by atoms with E-state index in [0.717, 1.165) is 31.7 Å². The lowest BCUT2D eigenvalue weighted by Crippen LogP contribution is -2.44. The fourth-order valence-electron chi connectivity index (χ4n) is 4.67. The van der Waals surface area contributed by atoms with E-state index in [9.17, 15) is 13.6 Å². The van der Waals surface area contributed by atoms with E-state index < -0.39 is 11.6 Å². The van der Waals surface area contributed by atoms with Crippen molar-refractivity contribution in [2.75, 3.05) is 37.4 Å². The molecule has 1 aliphatic carbocycles. The molecule has 1 saturated heterocycles. The Bertz CT molecular complexity index is 1170. The smallest absolute Gasteiger partial charge is 0.225 e. The number of hydrogen-bond donors (Lipinski definition) is 2. The molecule has 9 nitrogen and oxygen atoms in total. The molecule has 0 spiro atoms. The normalized spacial score (nSPS) is 21.3. The zero-order valence-corrected chi connectivity index (χ0v) is 18.0. The first kappa shape index (κ1) is 21.5. The molecule has 3 N–H and O–H groups in total. The Morgan fingerprint density at radius 3 is 2.61 bits per heavy atom. The second kappa shape index (κ2) is 8.89. The number of carbonyl (C=O) groups excluding carboxylic acids is 1. The van der Waals surface area contributed by atoms with Crippen LogP contribution in [0.2, 0.25) is 0 Å². The molecule has 0 radical (unpaired) electrons. The van der Waals surface area contributed by atoms with Crippen molar-refractivity contribution in [3.8, 4) is 0 Å². The molecule has 0 atom stereocenters. The van der Waals surface area contributed by atoms with E-state index in [1.165, 1.54) is 18.3 Å². The summed E-state index contributed by atoms with van der Waals surface area (Å²) in [4.78, 5) is 27.7. The van der Waals surface area contributed by atoms with Crippen molar-refractivity contribution in [1.29, 1.82) is 0 Å². The van der Waals surface area contributed by atoms with Crippen molar-refractivity contribution in [2.45, 2.75) is 31.7 Å². The number of hydrogen-bond acceptors (Lipinski definition) is 7. The molecule has 0 bridgehead atoms.